The molecule has 0 unspecified atom stereocenters. The Hall–Kier alpha value is -2.67. The highest BCUT2D eigenvalue weighted by Crippen LogP contribution is 2.19. The van der Waals surface area contributed by atoms with Gasteiger partial charge in [-0.25, -0.2) is 9.78 Å². The van der Waals surface area contributed by atoms with Gasteiger partial charge in [0.25, 0.3) is 0 Å². The Morgan fingerprint density at radius 2 is 2.08 bits per heavy atom. The van der Waals surface area contributed by atoms with Crippen molar-refractivity contribution in [3.8, 4) is 0 Å². The molecule has 2 aromatic heterocycles. The van der Waals surface area contributed by atoms with Crippen LogP contribution in [-0.2, 0) is 17.6 Å². The van der Waals surface area contributed by atoms with Crippen molar-refractivity contribution >= 4 is 34.1 Å². The number of aromatic nitrogens is 2. The van der Waals surface area contributed by atoms with Crippen LogP contribution in [0.4, 0.5) is 0 Å². The normalized spacial score (nSPS) is 10.9. The molecule has 1 amide bonds. The number of hydrogen-bond acceptors (Lipinski definition) is 4. The van der Waals surface area contributed by atoms with Crippen molar-refractivity contribution in [1.29, 1.82) is 0 Å². The summed E-state index contributed by atoms with van der Waals surface area (Å²) < 4.78 is 0. The molecule has 25 heavy (non-hydrogen) atoms. The Morgan fingerprint density at radius 3 is 2.88 bits per heavy atom. The molecule has 0 atom stereocenters. The van der Waals surface area contributed by atoms with Crippen molar-refractivity contribution in [2.75, 3.05) is 6.54 Å². The number of thiazole rings is 1. The van der Waals surface area contributed by atoms with Gasteiger partial charge in [0.2, 0.25) is 5.91 Å². The quantitative estimate of drug-likeness (QED) is 0.577. The molecule has 0 aliphatic carbocycles. The average Bonchev–Trinajstić information content (AvgIpc) is 3.22. The maximum absolute atomic E-state index is 11.9. The zero-order valence-corrected chi connectivity index (χ0v) is 14.4. The number of H-pyrrole nitrogens is 1. The fourth-order valence-electron chi connectivity index (χ4n) is 2.70. The summed E-state index contributed by atoms with van der Waals surface area (Å²) in [5.74, 6) is -1.02. The predicted octanol–water partition coefficient (Wildman–Crippen LogP) is 3.00. The number of fused-ring (bicyclic) bond motifs is 1. The van der Waals surface area contributed by atoms with Crippen LogP contribution >= 0.6 is 11.3 Å². The van der Waals surface area contributed by atoms with Crippen LogP contribution in [0.15, 0.2) is 35.8 Å². The number of nitrogens with one attached hydrogen (secondary N) is 2. The van der Waals surface area contributed by atoms with E-state index in [0.717, 1.165) is 23.4 Å². The van der Waals surface area contributed by atoms with Gasteiger partial charge < -0.3 is 15.4 Å². The van der Waals surface area contributed by atoms with E-state index >= 15 is 0 Å². The number of carbonyl (C=O) groups is 2. The average molecular weight is 357 g/mol. The lowest BCUT2D eigenvalue weighted by Gasteiger charge is -2.04. The second-order valence-electron chi connectivity index (χ2n) is 5.74. The number of nitrogens with zero attached hydrogens (tertiary/aromatic N) is 1. The van der Waals surface area contributed by atoms with E-state index in [4.69, 9.17) is 5.11 Å². The van der Waals surface area contributed by atoms with Crippen molar-refractivity contribution in [2.45, 2.75) is 25.7 Å². The molecular formula is C18H19N3O3S. The topological polar surface area (TPSA) is 95.1 Å². The van der Waals surface area contributed by atoms with Crippen LogP contribution in [-0.4, -0.2) is 33.5 Å². The van der Waals surface area contributed by atoms with Crippen LogP contribution in [0.1, 0.15) is 33.9 Å². The molecule has 0 radical (unpaired) electrons. The number of carboxylic acid groups (broad SMARTS) is 1. The van der Waals surface area contributed by atoms with Gasteiger partial charge in [-0.05, 0) is 24.5 Å². The third-order valence-corrected chi connectivity index (χ3v) is 4.87. The second kappa shape index (κ2) is 7.94. The molecule has 7 heteroatoms. The van der Waals surface area contributed by atoms with Gasteiger partial charge in [0.15, 0.2) is 5.69 Å². The Labute approximate surface area is 148 Å². The Kier molecular flexibility index (Phi) is 5.45. The van der Waals surface area contributed by atoms with Crippen molar-refractivity contribution in [3.63, 3.8) is 0 Å². The fourth-order valence-corrected chi connectivity index (χ4v) is 3.47. The van der Waals surface area contributed by atoms with Gasteiger partial charge in [-0.3, -0.25) is 4.79 Å². The van der Waals surface area contributed by atoms with Gasteiger partial charge in [0.1, 0.15) is 0 Å². The molecule has 0 spiro atoms. The van der Waals surface area contributed by atoms with Gasteiger partial charge in [-0.15, -0.1) is 11.3 Å². The van der Waals surface area contributed by atoms with Crippen molar-refractivity contribution < 1.29 is 14.7 Å². The van der Waals surface area contributed by atoms with Gasteiger partial charge in [0, 0.05) is 41.9 Å². The number of aryl methyl sites for hydroxylation is 1. The zero-order chi connectivity index (χ0) is 17.6. The summed E-state index contributed by atoms with van der Waals surface area (Å²) >= 11 is 1.30. The summed E-state index contributed by atoms with van der Waals surface area (Å²) in [4.78, 5) is 29.9. The summed E-state index contributed by atoms with van der Waals surface area (Å²) in [6.45, 7) is 0.471. The lowest BCUT2D eigenvalue weighted by atomic mass is 10.1. The summed E-state index contributed by atoms with van der Waals surface area (Å²) in [5, 5.41) is 15.1. The minimum atomic E-state index is -1.02. The second-order valence-corrected chi connectivity index (χ2v) is 6.69. The van der Waals surface area contributed by atoms with Crippen molar-refractivity contribution in [1.82, 2.24) is 15.3 Å². The van der Waals surface area contributed by atoms with Gasteiger partial charge in [0.05, 0.1) is 5.01 Å². The maximum atomic E-state index is 11.9. The first kappa shape index (κ1) is 17.2. The number of amides is 1. The van der Waals surface area contributed by atoms with E-state index in [9.17, 15) is 9.59 Å². The first-order valence-corrected chi connectivity index (χ1v) is 9.01. The van der Waals surface area contributed by atoms with E-state index in [1.54, 1.807) is 0 Å². The summed E-state index contributed by atoms with van der Waals surface area (Å²) in [7, 11) is 0. The highest BCUT2D eigenvalue weighted by molar-refractivity contribution is 7.09. The number of carboxylic acids is 1. The number of benzene rings is 1. The predicted molar refractivity (Wildman–Crippen MR) is 97.0 cm³/mol. The van der Waals surface area contributed by atoms with E-state index < -0.39 is 5.97 Å². The molecule has 0 saturated heterocycles. The van der Waals surface area contributed by atoms with Gasteiger partial charge in [-0.1, -0.05) is 18.2 Å². The van der Waals surface area contributed by atoms with Gasteiger partial charge in [-0.2, -0.15) is 0 Å². The number of para-hydroxylation sites is 1. The summed E-state index contributed by atoms with van der Waals surface area (Å²) in [5.41, 5.74) is 2.41. The van der Waals surface area contributed by atoms with Crippen LogP contribution < -0.4 is 5.32 Å². The first-order valence-electron chi connectivity index (χ1n) is 8.13. The number of aromatic carboxylic acids is 1. The van der Waals surface area contributed by atoms with Crippen LogP contribution in [0.25, 0.3) is 10.9 Å². The monoisotopic (exact) mass is 357 g/mol. The van der Waals surface area contributed by atoms with Crippen LogP contribution in [0.5, 0.6) is 0 Å². The number of carbonyl (C=O) groups excluding carboxylic acids is 1. The SMILES string of the molecule is O=C(CCCc1c[nH]c2ccccc12)NCCc1nc(C(=O)O)cs1. The maximum Gasteiger partial charge on any atom is 0.355 e. The molecule has 0 aliphatic rings. The molecule has 3 aromatic rings. The van der Waals surface area contributed by atoms with Gasteiger partial charge >= 0.3 is 5.97 Å². The summed E-state index contributed by atoms with van der Waals surface area (Å²) in [6, 6.07) is 8.14. The van der Waals surface area contributed by atoms with Crippen molar-refractivity contribution in [2.24, 2.45) is 0 Å². The number of aromatic amines is 1. The zero-order valence-electron chi connectivity index (χ0n) is 13.6. The molecule has 0 bridgehead atoms. The molecule has 3 rings (SSSR count). The van der Waals surface area contributed by atoms with Crippen LogP contribution in [0.3, 0.4) is 0 Å². The number of hydrogen-bond donors (Lipinski definition) is 3. The van der Waals surface area contributed by atoms with E-state index in [0.29, 0.717) is 19.4 Å². The molecule has 3 N–H and O–H groups in total. The molecular weight excluding hydrogens is 338 g/mol. The van der Waals surface area contributed by atoms with Crippen LogP contribution in [0, 0.1) is 0 Å². The van der Waals surface area contributed by atoms with Crippen LogP contribution in [0.2, 0.25) is 0 Å². The fraction of sp³-hybridized carbons (Fsp3) is 0.278. The third kappa shape index (κ3) is 4.45. The van der Waals surface area contributed by atoms with E-state index in [-0.39, 0.29) is 11.6 Å². The van der Waals surface area contributed by atoms with E-state index in [1.165, 1.54) is 27.7 Å². The van der Waals surface area contributed by atoms with Crippen molar-refractivity contribution in [3.05, 3.63) is 52.1 Å². The minimum Gasteiger partial charge on any atom is -0.476 e. The first-order chi connectivity index (χ1) is 12.1. The molecule has 130 valence electrons. The van der Waals surface area contributed by atoms with E-state index in [2.05, 4.69) is 21.4 Å². The molecule has 0 saturated carbocycles. The highest BCUT2D eigenvalue weighted by Gasteiger charge is 2.09. The standard InChI is InChI=1S/C18H19N3O3S/c22-16(19-9-8-17-21-15(11-25-17)18(23)24)7-3-4-12-10-20-14-6-2-1-5-13(12)14/h1-2,5-6,10-11,20H,3-4,7-9H2,(H,19,22)(H,23,24). The lowest BCUT2D eigenvalue weighted by Crippen LogP contribution is -2.25. The number of rotatable bonds is 8. The Morgan fingerprint density at radius 1 is 1.24 bits per heavy atom. The molecule has 1 aromatic carbocycles. The largest absolute Gasteiger partial charge is 0.476 e. The third-order valence-electron chi connectivity index (χ3n) is 3.96. The molecule has 0 fully saturated rings. The van der Waals surface area contributed by atoms with E-state index in [1.807, 2.05) is 24.4 Å². The smallest absolute Gasteiger partial charge is 0.355 e. The lowest BCUT2D eigenvalue weighted by molar-refractivity contribution is -0.121. The molecule has 2 heterocycles. The molecule has 0 aliphatic heterocycles. The highest BCUT2D eigenvalue weighted by atomic mass is 32.1. The minimum absolute atomic E-state index is 0.00913. The summed E-state index contributed by atoms with van der Waals surface area (Å²) in [6.07, 6.45) is 4.66. The molecule has 6 nitrogen and oxygen atoms in total. The Bertz CT molecular complexity index is 884. The Balaban J connectivity index is 1.38.